The van der Waals surface area contributed by atoms with Gasteiger partial charge in [-0.15, -0.1) is 0 Å². The van der Waals surface area contributed by atoms with Crippen LogP contribution in [0.3, 0.4) is 0 Å². The average molecular weight is 238 g/mol. The Balaban J connectivity index is 2.28. The molecule has 0 bridgehead atoms. The molecule has 0 amide bonds. The summed E-state index contributed by atoms with van der Waals surface area (Å²) in [5, 5.41) is 10.5. The second-order valence-electron chi connectivity index (χ2n) is 6.78. The highest BCUT2D eigenvalue weighted by atomic mass is 16.3. The minimum Gasteiger partial charge on any atom is -0.390 e. The van der Waals surface area contributed by atoms with Gasteiger partial charge in [0, 0.05) is 5.92 Å². The summed E-state index contributed by atoms with van der Waals surface area (Å²) >= 11 is 0. The van der Waals surface area contributed by atoms with Crippen LogP contribution in [0.4, 0.5) is 0 Å². The number of hydrogen-bond acceptors (Lipinski definition) is 2. The molecule has 3 unspecified atom stereocenters. The second kappa shape index (κ2) is 4.38. The summed E-state index contributed by atoms with van der Waals surface area (Å²) in [6.07, 6.45) is 4.01. The number of fused-ring (bicyclic) bond motifs is 1. The summed E-state index contributed by atoms with van der Waals surface area (Å²) in [5.41, 5.74) is -0.541. The Morgan fingerprint density at radius 1 is 1.29 bits per heavy atom. The topological polar surface area (TPSA) is 37.3 Å². The molecule has 2 rings (SSSR count). The van der Waals surface area contributed by atoms with Crippen molar-refractivity contribution < 1.29 is 9.90 Å². The van der Waals surface area contributed by atoms with Gasteiger partial charge in [0.05, 0.1) is 5.60 Å². The van der Waals surface area contributed by atoms with Gasteiger partial charge in [-0.2, -0.15) is 0 Å². The number of ketones is 1. The minimum absolute atomic E-state index is 0.208. The number of rotatable bonds is 2. The fourth-order valence-corrected chi connectivity index (χ4v) is 4.44. The molecular weight excluding hydrogens is 212 g/mol. The van der Waals surface area contributed by atoms with E-state index in [9.17, 15) is 9.90 Å². The van der Waals surface area contributed by atoms with Crippen molar-refractivity contribution in [2.75, 3.05) is 0 Å². The molecule has 2 heteroatoms. The lowest BCUT2D eigenvalue weighted by Crippen LogP contribution is -2.47. The second-order valence-corrected chi connectivity index (χ2v) is 6.78. The lowest BCUT2D eigenvalue weighted by molar-refractivity contribution is -0.127. The first-order chi connectivity index (χ1) is 7.84. The van der Waals surface area contributed by atoms with Crippen molar-refractivity contribution in [3.63, 3.8) is 0 Å². The van der Waals surface area contributed by atoms with E-state index < -0.39 is 5.60 Å². The van der Waals surface area contributed by atoms with Gasteiger partial charge in [-0.1, -0.05) is 13.8 Å². The van der Waals surface area contributed by atoms with E-state index in [0.717, 1.165) is 25.7 Å². The predicted molar refractivity (Wildman–Crippen MR) is 68.6 cm³/mol. The summed E-state index contributed by atoms with van der Waals surface area (Å²) in [5.74, 6) is 2.56. The average Bonchev–Trinajstić information content (AvgIpc) is 2.62. The van der Waals surface area contributed by atoms with Gasteiger partial charge in [0.25, 0.3) is 0 Å². The molecule has 0 spiro atoms. The Morgan fingerprint density at radius 2 is 1.94 bits per heavy atom. The molecule has 1 N–H and O–H groups in total. The summed E-state index contributed by atoms with van der Waals surface area (Å²) in [7, 11) is 0. The lowest BCUT2D eigenvalue weighted by atomic mass is 9.61. The maximum absolute atomic E-state index is 11.8. The van der Waals surface area contributed by atoms with E-state index >= 15 is 0 Å². The molecule has 2 nitrogen and oxygen atoms in total. The third kappa shape index (κ3) is 2.16. The number of carbonyl (C=O) groups excluding carboxylic acids is 1. The van der Waals surface area contributed by atoms with Crippen LogP contribution < -0.4 is 0 Å². The van der Waals surface area contributed by atoms with E-state index in [0.29, 0.717) is 29.5 Å². The van der Waals surface area contributed by atoms with E-state index in [1.165, 1.54) is 0 Å². The molecule has 2 aliphatic rings. The van der Waals surface area contributed by atoms with Gasteiger partial charge in [-0.25, -0.2) is 0 Å². The highest BCUT2D eigenvalue weighted by Crippen LogP contribution is 2.54. The molecule has 0 aromatic heterocycles. The zero-order valence-electron chi connectivity index (χ0n) is 11.6. The SMILES string of the molecule is CC(=O)C1CCC2C1[C@@H](C(C)C)CC[C@]2(C)O. The first kappa shape index (κ1) is 13.1. The Labute approximate surface area is 105 Å². The number of Topliss-reactive ketones (excluding diaryl/α,β-unsaturated/α-hetero) is 1. The smallest absolute Gasteiger partial charge is 0.133 e. The maximum Gasteiger partial charge on any atom is 0.133 e. The first-order valence-electron chi connectivity index (χ1n) is 7.07. The standard InChI is InChI=1S/C15H26O2/c1-9(2)11-7-8-15(4,17)13-6-5-12(10(3)16)14(11)13/h9,11-14,17H,5-8H2,1-4H3/t11-,12?,13?,14?,15+/m1/s1. The molecule has 17 heavy (non-hydrogen) atoms. The van der Waals surface area contributed by atoms with Crippen LogP contribution in [0.2, 0.25) is 0 Å². The summed E-state index contributed by atoms with van der Waals surface area (Å²) in [4.78, 5) is 11.8. The Kier molecular flexibility index (Phi) is 3.37. The molecule has 0 heterocycles. The van der Waals surface area contributed by atoms with Crippen molar-refractivity contribution in [3.05, 3.63) is 0 Å². The van der Waals surface area contributed by atoms with Crippen LogP contribution in [0.25, 0.3) is 0 Å². The number of hydrogen-bond donors (Lipinski definition) is 1. The highest BCUT2D eigenvalue weighted by molar-refractivity contribution is 5.79. The van der Waals surface area contributed by atoms with Gasteiger partial charge in [-0.05, 0) is 63.2 Å². The van der Waals surface area contributed by atoms with Crippen LogP contribution in [0, 0.1) is 29.6 Å². The largest absolute Gasteiger partial charge is 0.390 e. The molecule has 2 aliphatic carbocycles. The third-order valence-corrected chi connectivity index (χ3v) is 5.37. The van der Waals surface area contributed by atoms with Gasteiger partial charge in [-0.3, -0.25) is 4.79 Å². The van der Waals surface area contributed by atoms with Crippen LogP contribution in [-0.4, -0.2) is 16.5 Å². The van der Waals surface area contributed by atoms with Crippen molar-refractivity contribution in [2.45, 2.75) is 59.0 Å². The van der Waals surface area contributed by atoms with Crippen LogP contribution in [0.1, 0.15) is 53.4 Å². The van der Waals surface area contributed by atoms with Crippen molar-refractivity contribution in [3.8, 4) is 0 Å². The van der Waals surface area contributed by atoms with Crippen LogP contribution in [0.5, 0.6) is 0 Å². The Bertz CT molecular complexity index is 306. The molecule has 0 aromatic rings. The van der Waals surface area contributed by atoms with E-state index in [-0.39, 0.29) is 5.92 Å². The Morgan fingerprint density at radius 3 is 2.47 bits per heavy atom. The van der Waals surface area contributed by atoms with E-state index in [2.05, 4.69) is 13.8 Å². The van der Waals surface area contributed by atoms with Crippen molar-refractivity contribution in [2.24, 2.45) is 29.6 Å². The molecule has 0 radical (unpaired) electrons. The van der Waals surface area contributed by atoms with E-state index in [1.807, 2.05) is 6.92 Å². The van der Waals surface area contributed by atoms with E-state index in [4.69, 9.17) is 0 Å². The van der Waals surface area contributed by atoms with Gasteiger partial charge < -0.3 is 5.11 Å². The normalized spacial score (nSPS) is 46.0. The monoisotopic (exact) mass is 238 g/mol. The first-order valence-corrected chi connectivity index (χ1v) is 7.07. The van der Waals surface area contributed by atoms with Gasteiger partial charge >= 0.3 is 0 Å². The summed E-state index contributed by atoms with van der Waals surface area (Å²) in [6.45, 7) is 8.23. The van der Waals surface area contributed by atoms with Crippen molar-refractivity contribution in [1.29, 1.82) is 0 Å². The highest BCUT2D eigenvalue weighted by Gasteiger charge is 2.53. The van der Waals surface area contributed by atoms with Crippen molar-refractivity contribution in [1.82, 2.24) is 0 Å². The van der Waals surface area contributed by atoms with Crippen LogP contribution in [-0.2, 0) is 4.79 Å². The molecule has 2 saturated carbocycles. The summed E-state index contributed by atoms with van der Waals surface area (Å²) in [6, 6.07) is 0. The molecule has 0 saturated heterocycles. The lowest BCUT2D eigenvalue weighted by Gasteiger charge is -2.46. The van der Waals surface area contributed by atoms with Crippen molar-refractivity contribution >= 4 is 5.78 Å². The number of carbonyl (C=O) groups is 1. The van der Waals surface area contributed by atoms with E-state index in [1.54, 1.807) is 6.92 Å². The fourth-order valence-electron chi connectivity index (χ4n) is 4.44. The molecule has 5 atom stereocenters. The molecular formula is C15H26O2. The molecule has 0 aromatic carbocycles. The van der Waals surface area contributed by atoms with Crippen LogP contribution >= 0.6 is 0 Å². The minimum atomic E-state index is -0.541. The molecule has 2 fully saturated rings. The van der Waals surface area contributed by atoms with Crippen LogP contribution in [0.15, 0.2) is 0 Å². The quantitative estimate of drug-likeness (QED) is 0.803. The maximum atomic E-state index is 11.8. The van der Waals surface area contributed by atoms with Gasteiger partial charge in [0.1, 0.15) is 5.78 Å². The predicted octanol–water partition coefficient (Wildman–Crippen LogP) is 3.03. The Hall–Kier alpha value is -0.370. The molecule has 98 valence electrons. The number of aliphatic hydroxyl groups is 1. The van der Waals surface area contributed by atoms with Gasteiger partial charge in [0.2, 0.25) is 0 Å². The van der Waals surface area contributed by atoms with Gasteiger partial charge in [0.15, 0.2) is 0 Å². The zero-order valence-corrected chi connectivity index (χ0v) is 11.6. The summed E-state index contributed by atoms with van der Waals surface area (Å²) < 4.78 is 0. The third-order valence-electron chi connectivity index (χ3n) is 5.37. The fraction of sp³-hybridized carbons (Fsp3) is 0.933. The molecule has 0 aliphatic heterocycles. The zero-order chi connectivity index (χ0) is 12.8.